The Kier molecular flexibility index (Phi) is 18.0. The second-order valence-electron chi connectivity index (χ2n) is 15.1. The lowest BCUT2D eigenvalue weighted by molar-refractivity contribution is -0.148. The first-order chi connectivity index (χ1) is 24.8. The Morgan fingerprint density at radius 1 is 0.925 bits per heavy atom. The number of carbonyl (C=O) groups excluding carboxylic acids is 5. The fourth-order valence-corrected chi connectivity index (χ4v) is 7.32. The second-order valence-corrected chi connectivity index (χ2v) is 15.1. The summed E-state index contributed by atoms with van der Waals surface area (Å²) >= 11 is 0. The van der Waals surface area contributed by atoms with Gasteiger partial charge in [-0.1, -0.05) is 54.9 Å². The van der Waals surface area contributed by atoms with Gasteiger partial charge in [0, 0.05) is 33.4 Å². The van der Waals surface area contributed by atoms with Crippen LogP contribution in [0.2, 0.25) is 0 Å². The summed E-state index contributed by atoms with van der Waals surface area (Å²) < 4.78 is 25.1. The molecule has 300 valence electrons. The molecule has 1 aliphatic heterocycles. The molecule has 4 amide bonds. The molecular formula is C39H64FN5O8. The lowest BCUT2D eigenvalue weighted by Crippen LogP contribution is -2.59. The molecule has 10 atom stereocenters. The summed E-state index contributed by atoms with van der Waals surface area (Å²) in [5, 5.41) is 19.4. The maximum atomic E-state index is 14.1. The number of ketones is 1. The number of amides is 4. The van der Waals surface area contributed by atoms with Gasteiger partial charge in [-0.3, -0.25) is 24.0 Å². The first-order valence-electron chi connectivity index (χ1n) is 18.7. The van der Waals surface area contributed by atoms with E-state index >= 15 is 0 Å². The van der Waals surface area contributed by atoms with E-state index in [-0.39, 0.29) is 60.4 Å². The zero-order valence-corrected chi connectivity index (χ0v) is 33.6. The SMILES string of the molecule is CC[C@H](C)C([C@@H](CC(=O)N1C[C@@H](O)C[C@H]1[C@H](OC)[C@@H](C)C(=O)N[C@@H](C)C(=O)c1ccc(F)cc1)OC)N(C)C(=O)[C@@H](NC(=O)[C@@H](NC)C(C)C)C(C)C. The molecule has 1 heterocycles. The number of ether oxygens (including phenoxy) is 2. The summed E-state index contributed by atoms with van der Waals surface area (Å²) in [5.41, 5.74) is 0.250. The molecule has 14 heteroatoms. The molecule has 1 aromatic rings. The number of rotatable bonds is 20. The quantitative estimate of drug-likeness (QED) is 0.147. The molecule has 1 aromatic carbocycles. The van der Waals surface area contributed by atoms with Crippen molar-refractivity contribution in [1.82, 2.24) is 25.8 Å². The maximum Gasteiger partial charge on any atom is 0.245 e. The zero-order chi connectivity index (χ0) is 40.3. The molecule has 0 aromatic heterocycles. The Labute approximate surface area is 315 Å². The Bertz CT molecular complexity index is 1380. The average Bonchev–Trinajstić information content (AvgIpc) is 3.50. The molecule has 0 aliphatic carbocycles. The van der Waals surface area contributed by atoms with Crippen LogP contribution in [0.25, 0.3) is 0 Å². The minimum absolute atomic E-state index is 0.000908. The van der Waals surface area contributed by atoms with Gasteiger partial charge in [0.05, 0.1) is 54.8 Å². The molecule has 13 nitrogen and oxygen atoms in total. The topological polar surface area (TPSA) is 167 Å². The van der Waals surface area contributed by atoms with Gasteiger partial charge in [-0.2, -0.15) is 0 Å². The smallest absolute Gasteiger partial charge is 0.245 e. The molecule has 53 heavy (non-hydrogen) atoms. The third-order valence-electron chi connectivity index (χ3n) is 10.7. The number of hydrogen-bond acceptors (Lipinski definition) is 9. The predicted octanol–water partition coefficient (Wildman–Crippen LogP) is 2.79. The van der Waals surface area contributed by atoms with Gasteiger partial charge >= 0.3 is 0 Å². The molecule has 2 rings (SSSR count). The molecule has 1 fully saturated rings. The summed E-state index contributed by atoms with van der Waals surface area (Å²) in [7, 11) is 6.29. The highest BCUT2D eigenvalue weighted by molar-refractivity contribution is 6.01. The van der Waals surface area contributed by atoms with Gasteiger partial charge in [0.2, 0.25) is 23.6 Å². The molecule has 4 N–H and O–H groups in total. The van der Waals surface area contributed by atoms with E-state index < -0.39 is 71.9 Å². The number of β-amino-alcohol motifs (C(OH)–C–C–N with tert-alkyl or cyclic N) is 1. The largest absolute Gasteiger partial charge is 0.391 e. The van der Waals surface area contributed by atoms with E-state index in [1.54, 1.807) is 25.9 Å². The summed E-state index contributed by atoms with van der Waals surface area (Å²) in [6.07, 6.45) is -1.72. The molecular weight excluding hydrogens is 685 g/mol. The highest BCUT2D eigenvalue weighted by Crippen LogP contribution is 2.30. The van der Waals surface area contributed by atoms with E-state index in [0.717, 1.165) is 0 Å². The third kappa shape index (κ3) is 11.8. The minimum atomic E-state index is -0.914. The number of hydrogen-bond donors (Lipinski definition) is 4. The second kappa shape index (κ2) is 20.8. The van der Waals surface area contributed by atoms with Gasteiger partial charge in [0.25, 0.3) is 0 Å². The van der Waals surface area contributed by atoms with E-state index in [0.29, 0.717) is 6.42 Å². The number of Topliss-reactive ketones (excluding diaryl/α,β-unsaturated/α-hetero) is 1. The van der Waals surface area contributed by atoms with Gasteiger partial charge in [-0.25, -0.2) is 4.39 Å². The number of halogens is 1. The molecule has 1 saturated heterocycles. The van der Waals surface area contributed by atoms with Gasteiger partial charge in [0.1, 0.15) is 11.9 Å². The molecule has 0 bridgehead atoms. The van der Waals surface area contributed by atoms with Crippen molar-refractivity contribution in [1.29, 1.82) is 0 Å². The van der Waals surface area contributed by atoms with Gasteiger partial charge < -0.3 is 40.3 Å². The van der Waals surface area contributed by atoms with E-state index in [9.17, 15) is 33.5 Å². The van der Waals surface area contributed by atoms with Crippen molar-refractivity contribution in [3.05, 3.63) is 35.6 Å². The minimum Gasteiger partial charge on any atom is -0.391 e. The van der Waals surface area contributed by atoms with Crippen LogP contribution in [0.1, 0.15) is 85.0 Å². The number of nitrogens with one attached hydrogen (secondary N) is 3. The van der Waals surface area contributed by atoms with Crippen molar-refractivity contribution in [2.24, 2.45) is 23.7 Å². The van der Waals surface area contributed by atoms with E-state index in [1.807, 2.05) is 41.5 Å². The number of aliphatic hydroxyl groups is 1. The zero-order valence-electron chi connectivity index (χ0n) is 33.6. The molecule has 1 unspecified atom stereocenters. The monoisotopic (exact) mass is 749 g/mol. The third-order valence-corrected chi connectivity index (χ3v) is 10.7. The van der Waals surface area contributed by atoms with Crippen LogP contribution in [-0.4, -0.2) is 128 Å². The van der Waals surface area contributed by atoms with Gasteiger partial charge in [-0.05, 0) is 62.4 Å². The highest BCUT2D eigenvalue weighted by atomic mass is 19.1. The summed E-state index contributed by atoms with van der Waals surface area (Å²) in [6, 6.07) is 1.63. The van der Waals surface area contributed by atoms with Crippen molar-refractivity contribution in [2.75, 3.05) is 34.9 Å². The number of likely N-dealkylation sites (N-methyl/N-ethyl adjacent to an activating group) is 2. The van der Waals surface area contributed by atoms with Crippen molar-refractivity contribution in [3.63, 3.8) is 0 Å². The highest BCUT2D eigenvalue weighted by Gasteiger charge is 2.45. The van der Waals surface area contributed by atoms with Crippen LogP contribution in [0, 0.1) is 29.5 Å². The van der Waals surface area contributed by atoms with Crippen LogP contribution in [-0.2, 0) is 28.7 Å². The number of benzene rings is 1. The Morgan fingerprint density at radius 3 is 2.00 bits per heavy atom. The number of likely N-dealkylation sites (tertiary alicyclic amines) is 1. The molecule has 0 saturated carbocycles. The lowest BCUT2D eigenvalue weighted by atomic mass is 9.89. The van der Waals surface area contributed by atoms with Crippen LogP contribution in [0.4, 0.5) is 4.39 Å². The fraction of sp³-hybridized carbons (Fsp3) is 0.718. The van der Waals surface area contributed by atoms with Crippen LogP contribution in [0.5, 0.6) is 0 Å². The number of carbonyl (C=O) groups is 5. The first kappa shape index (κ1) is 45.7. The van der Waals surface area contributed by atoms with Gasteiger partial charge in [0.15, 0.2) is 5.78 Å². The number of aliphatic hydroxyl groups excluding tert-OH is 1. The predicted molar refractivity (Wildman–Crippen MR) is 200 cm³/mol. The summed E-state index contributed by atoms with van der Waals surface area (Å²) in [5.74, 6) is -3.42. The van der Waals surface area contributed by atoms with Crippen molar-refractivity contribution >= 4 is 29.4 Å². The Hall–Kier alpha value is -3.46. The number of methoxy groups -OCH3 is 2. The van der Waals surface area contributed by atoms with Crippen molar-refractivity contribution in [3.8, 4) is 0 Å². The van der Waals surface area contributed by atoms with Crippen LogP contribution >= 0.6 is 0 Å². The standard InChI is InChI=1S/C39H64FN5O8/c1-13-23(6)34(44(10)39(51)33(22(4)5)43-38(50)32(41-9)21(2)3)30(52-11)19-31(47)45-20-28(46)18-29(45)36(53-12)24(7)37(49)42-25(8)35(48)26-14-16-27(40)17-15-26/h14-17,21-25,28-30,32-34,36,41,46H,13,18-20H2,1-12H3,(H,42,49)(H,43,50)/t23-,24+,25-,28-,29-,30+,32-,33-,34?,36+/m0/s1. The normalized spacial score (nSPS) is 20.6. The van der Waals surface area contributed by atoms with E-state index in [4.69, 9.17) is 9.47 Å². The van der Waals surface area contributed by atoms with E-state index in [2.05, 4.69) is 16.0 Å². The Morgan fingerprint density at radius 2 is 1.51 bits per heavy atom. The Balaban J connectivity index is 2.29. The van der Waals surface area contributed by atoms with Gasteiger partial charge in [-0.15, -0.1) is 0 Å². The summed E-state index contributed by atoms with van der Waals surface area (Å²) in [6.45, 7) is 14.7. The van der Waals surface area contributed by atoms with Crippen molar-refractivity contribution in [2.45, 2.75) is 123 Å². The molecule has 0 spiro atoms. The van der Waals surface area contributed by atoms with E-state index in [1.165, 1.54) is 50.3 Å². The molecule has 0 radical (unpaired) electrons. The average molecular weight is 750 g/mol. The fourth-order valence-electron chi connectivity index (χ4n) is 7.32. The van der Waals surface area contributed by atoms with Crippen LogP contribution in [0.3, 0.4) is 0 Å². The van der Waals surface area contributed by atoms with Crippen LogP contribution in [0.15, 0.2) is 24.3 Å². The first-order valence-corrected chi connectivity index (χ1v) is 18.7. The number of nitrogens with zero attached hydrogens (tertiary/aromatic N) is 2. The summed E-state index contributed by atoms with van der Waals surface area (Å²) in [4.78, 5) is 70.9. The van der Waals surface area contributed by atoms with Crippen LogP contribution < -0.4 is 16.0 Å². The van der Waals surface area contributed by atoms with Crippen molar-refractivity contribution < 1.29 is 42.9 Å². The lowest BCUT2D eigenvalue weighted by Gasteiger charge is -2.41. The molecule has 1 aliphatic rings. The maximum absolute atomic E-state index is 14.1.